The summed E-state index contributed by atoms with van der Waals surface area (Å²) in [5.41, 5.74) is 1.14. The molecule has 1 unspecified atom stereocenters. The van der Waals surface area contributed by atoms with Gasteiger partial charge in [0.05, 0.1) is 6.61 Å². The minimum atomic E-state index is 0.468. The maximum atomic E-state index is 5.90. The summed E-state index contributed by atoms with van der Waals surface area (Å²) in [5, 5.41) is 3.41. The minimum Gasteiger partial charge on any atom is -0.477 e. The fourth-order valence-corrected chi connectivity index (χ4v) is 2.64. The van der Waals surface area contributed by atoms with Crippen LogP contribution in [0.3, 0.4) is 0 Å². The van der Waals surface area contributed by atoms with Crippen molar-refractivity contribution in [2.75, 3.05) is 20.2 Å². The van der Waals surface area contributed by atoms with Gasteiger partial charge in [0.2, 0.25) is 5.88 Å². The van der Waals surface area contributed by atoms with Crippen molar-refractivity contribution in [3.05, 3.63) is 23.9 Å². The number of rotatable bonds is 7. The van der Waals surface area contributed by atoms with Crippen LogP contribution >= 0.6 is 0 Å². The smallest absolute Gasteiger partial charge is 0.217 e. The van der Waals surface area contributed by atoms with Crippen molar-refractivity contribution in [3.63, 3.8) is 0 Å². The van der Waals surface area contributed by atoms with Crippen LogP contribution in [0, 0.1) is 0 Å². The maximum Gasteiger partial charge on any atom is 0.217 e. The van der Waals surface area contributed by atoms with E-state index in [1.165, 1.54) is 19.4 Å². The van der Waals surface area contributed by atoms with Crippen LogP contribution in [0.15, 0.2) is 18.3 Å². The molecule has 2 heterocycles. The Morgan fingerprint density at radius 1 is 1.50 bits per heavy atom. The lowest BCUT2D eigenvalue weighted by molar-refractivity contribution is 0.227. The van der Waals surface area contributed by atoms with Gasteiger partial charge in [-0.1, -0.05) is 19.9 Å². The van der Waals surface area contributed by atoms with Crippen LogP contribution in [0.4, 0.5) is 0 Å². The van der Waals surface area contributed by atoms with E-state index in [0.717, 1.165) is 31.0 Å². The molecule has 0 amide bonds. The van der Waals surface area contributed by atoms with Gasteiger partial charge in [-0.2, -0.15) is 0 Å². The summed E-state index contributed by atoms with van der Waals surface area (Å²) in [6.45, 7) is 7.07. The number of nitrogens with zero attached hydrogens (tertiary/aromatic N) is 2. The number of likely N-dealkylation sites (tertiary alicyclic amines) is 1. The van der Waals surface area contributed by atoms with Crippen LogP contribution in [0.1, 0.15) is 38.7 Å². The second-order valence-electron chi connectivity index (χ2n) is 5.92. The average Bonchev–Trinajstić information content (AvgIpc) is 2.83. The summed E-state index contributed by atoms with van der Waals surface area (Å²) >= 11 is 0. The van der Waals surface area contributed by atoms with E-state index in [-0.39, 0.29) is 0 Å². The lowest BCUT2D eigenvalue weighted by Crippen LogP contribution is -2.27. The van der Waals surface area contributed by atoms with Gasteiger partial charge < -0.3 is 15.0 Å². The van der Waals surface area contributed by atoms with Gasteiger partial charge in [-0.3, -0.25) is 0 Å². The molecule has 20 heavy (non-hydrogen) atoms. The lowest BCUT2D eigenvalue weighted by atomic mass is 10.1. The Labute approximate surface area is 122 Å². The van der Waals surface area contributed by atoms with E-state index in [1.54, 1.807) is 6.20 Å². The van der Waals surface area contributed by atoms with Crippen LogP contribution in [0.25, 0.3) is 0 Å². The zero-order chi connectivity index (χ0) is 14.4. The van der Waals surface area contributed by atoms with Crippen LogP contribution in [-0.2, 0) is 6.54 Å². The molecule has 1 aliphatic rings. The van der Waals surface area contributed by atoms with Crippen LogP contribution < -0.4 is 10.1 Å². The third-order valence-electron chi connectivity index (χ3n) is 3.91. The van der Waals surface area contributed by atoms with Gasteiger partial charge in [0, 0.05) is 30.4 Å². The van der Waals surface area contributed by atoms with Gasteiger partial charge in [-0.05, 0) is 38.9 Å². The first-order chi connectivity index (χ1) is 9.66. The summed E-state index contributed by atoms with van der Waals surface area (Å²) in [7, 11) is 2.20. The predicted molar refractivity (Wildman–Crippen MR) is 82.0 cm³/mol. The fourth-order valence-electron chi connectivity index (χ4n) is 2.64. The monoisotopic (exact) mass is 277 g/mol. The highest BCUT2D eigenvalue weighted by atomic mass is 16.5. The van der Waals surface area contributed by atoms with Gasteiger partial charge in [0.15, 0.2) is 0 Å². The van der Waals surface area contributed by atoms with Gasteiger partial charge in [-0.25, -0.2) is 4.98 Å². The number of hydrogen-bond acceptors (Lipinski definition) is 4. The lowest BCUT2D eigenvalue weighted by Gasteiger charge is -2.19. The van der Waals surface area contributed by atoms with E-state index in [0.29, 0.717) is 12.1 Å². The molecule has 1 aromatic rings. The first-order valence-corrected chi connectivity index (χ1v) is 7.67. The molecular formula is C16H27N3O. The Bertz CT molecular complexity index is 408. The molecule has 1 N–H and O–H groups in total. The Hall–Kier alpha value is -1.13. The van der Waals surface area contributed by atoms with Crippen molar-refractivity contribution in [1.82, 2.24) is 15.2 Å². The van der Waals surface area contributed by atoms with Crippen molar-refractivity contribution in [1.29, 1.82) is 0 Å². The van der Waals surface area contributed by atoms with Crippen molar-refractivity contribution in [3.8, 4) is 5.88 Å². The van der Waals surface area contributed by atoms with Crippen LogP contribution in [0.5, 0.6) is 5.88 Å². The van der Waals surface area contributed by atoms with Crippen LogP contribution in [-0.4, -0.2) is 42.2 Å². The molecule has 1 atom stereocenters. The largest absolute Gasteiger partial charge is 0.477 e. The summed E-state index contributed by atoms with van der Waals surface area (Å²) < 4.78 is 5.90. The number of hydrogen-bond donors (Lipinski definition) is 1. The predicted octanol–water partition coefficient (Wildman–Crippen LogP) is 2.44. The van der Waals surface area contributed by atoms with E-state index in [1.807, 2.05) is 6.07 Å². The van der Waals surface area contributed by atoms with Gasteiger partial charge in [-0.15, -0.1) is 0 Å². The zero-order valence-electron chi connectivity index (χ0n) is 12.9. The Morgan fingerprint density at radius 3 is 3.05 bits per heavy atom. The SMILES string of the molecule is CC(C)NCc1cccnc1OCCC1CCCN1C. The van der Waals surface area contributed by atoms with Crippen molar-refractivity contribution >= 4 is 0 Å². The zero-order valence-corrected chi connectivity index (χ0v) is 12.9. The molecular weight excluding hydrogens is 250 g/mol. The van der Waals surface area contributed by atoms with Crippen molar-refractivity contribution in [2.24, 2.45) is 0 Å². The van der Waals surface area contributed by atoms with E-state index in [2.05, 4.69) is 42.2 Å². The number of pyridine rings is 1. The molecule has 0 aliphatic carbocycles. The van der Waals surface area contributed by atoms with Gasteiger partial charge in [0.1, 0.15) is 0 Å². The Kier molecular flexibility index (Phi) is 5.80. The molecule has 2 rings (SSSR count). The molecule has 1 aromatic heterocycles. The second-order valence-corrected chi connectivity index (χ2v) is 5.92. The Balaban J connectivity index is 1.82. The average molecular weight is 277 g/mol. The normalized spacial score (nSPS) is 19.7. The number of aromatic nitrogens is 1. The van der Waals surface area contributed by atoms with Gasteiger partial charge >= 0.3 is 0 Å². The highest BCUT2D eigenvalue weighted by Gasteiger charge is 2.20. The molecule has 0 bridgehead atoms. The summed E-state index contributed by atoms with van der Waals surface area (Å²) in [4.78, 5) is 6.80. The highest BCUT2D eigenvalue weighted by Crippen LogP contribution is 2.19. The molecule has 112 valence electrons. The highest BCUT2D eigenvalue weighted by molar-refractivity contribution is 5.25. The topological polar surface area (TPSA) is 37.4 Å². The second kappa shape index (κ2) is 7.60. The molecule has 4 nitrogen and oxygen atoms in total. The molecule has 4 heteroatoms. The quantitative estimate of drug-likeness (QED) is 0.830. The third kappa shape index (κ3) is 4.46. The van der Waals surface area contributed by atoms with E-state index in [9.17, 15) is 0 Å². The molecule has 0 aromatic carbocycles. The molecule has 1 saturated heterocycles. The van der Waals surface area contributed by atoms with Crippen molar-refractivity contribution in [2.45, 2.75) is 51.7 Å². The van der Waals surface area contributed by atoms with E-state index in [4.69, 9.17) is 4.74 Å². The van der Waals surface area contributed by atoms with E-state index < -0.39 is 0 Å². The third-order valence-corrected chi connectivity index (χ3v) is 3.91. The maximum absolute atomic E-state index is 5.90. The number of nitrogens with one attached hydrogen (secondary N) is 1. The Morgan fingerprint density at radius 2 is 2.35 bits per heavy atom. The molecule has 1 fully saturated rings. The first-order valence-electron chi connectivity index (χ1n) is 7.67. The van der Waals surface area contributed by atoms with Crippen LogP contribution in [0.2, 0.25) is 0 Å². The molecule has 0 radical (unpaired) electrons. The first kappa shape index (κ1) is 15.3. The van der Waals surface area contributed by atoms with Gasteiger partial charge in [0.25, 0.3) is 0 Å². The fraction of sp³-hybridized carbons (Fsp3) is 0.688. The summed E-state index contributed by atoms with van der Waals surface area (Å²) in [6, 6.07) is 5.19. The summed E-state index contributed by atoms with van der Waals surface area (Å²) in [6.07, 6.45) is 5.50. The minimum absolute atomic E-state index is 0.468. The molecule has 0 spiro atoms. The van der Waals surface area contributed by atoms with Crippen molar-refractivity contribution < 1.29 is 4.74 Å². The molecule has 0 saturated carbocycles. The van der Waals surface area contributed by atoms with E-state index >= 15 is 0 Å². The number of ether oxygens (including phenoxy) is 1. The summed E-state index contributed by atoms with van der Waals surface area (Å²) in [5.74, 6) is 0.779. The molecule has 1 aliphatic heterocycles. The standard InChI is InChI=1S/C16H27N3O/c1-13(2)18-12-14-6-4-9-17-16(14)20-11-8-15-7-5-10-19(15)3/h4,6,9,13,15,18H,5,7-8,10-12H2,1-3H3.